The van der Waals surface area contributed by atoms with Gasteiger partial charge in [0.2, 0.25) is 10.0 Å². The van der Waals surface area contributed by atoms with Crippen LogP contribution in [0.4, 0.5) is 5.69 Å². The molecule has 0 amide bonds. The minimum Gasteiger partial charge on any atom is -0.384 e. The van der Waals surface area contributed by atoms with E-state index in [9.17, 15) is 8.42 Å². The summed E-state index contributed by atoms with van der Waals surface area (Å²) in [6.45, 7) is 7.99. The van der Waals surface area contributed by atoms with Gasteiger partial charge < -0.3 is 10.1 Å². The second kappa shape index (κ2) is 8.24. The summed E-state index contributed by atoms with van der Waals surface area (Å²) in [5.74, 6) is 0.445. The second-order valence-electron chi connectivity index (χ2n) is 4.89. The number of hydrogen-bond donors (Lipinski definition) is 2. The number of rotatable bonds is 9. The maximum absolute atomic E-state index is 12.2. The van der Waals surface area contributed by atoms with Crippen molar-refractivity contribution in [2.75, 3.05) is 31.6 Å². The molecule has 114 valence electrons. The van der Waals surface area contributed by atoms with Gasteiger partial charge in [0.25, 0.3) is 0 Å². The fourth-order valence-electron chi connectivity index (χ4n) is 1.68. The first-order chi connectivity index (χ1) is 9.47. The van der Waals surface area contributed by atoms with E-state index in [0.29, 0.717) is 31.4 Å². The largest absolute Gasteiger partial charge is 0.384 e. The summed E-state index contributed by atoms with van der Waals surface area (Å²) in [5, 5.41) is 3.05. The molecular formula is C14H24N2O3S. The van der Waals surface area contributed by atoms with Crippen LogP contribution in [0, 0.1) is 5.92 Å². The Bertz CT molecular complexity index is 501. The highest BCUT2D eigenvalue weighted by molar-refractivity contribution is 7.89. The Labute approximate surface area is 121 Å². The smallest absolute Gasteiger partial charge is 0.242 e. The number of hydrogen-bond acceptors (Lipinski definition) is 4. The molecule has 0 atom stereocenters. The molecule has 0 aliphatic carbocycles. The average Bonchev–Trinajstić information content (AvgIpc) is 2.38. The maximum atomic E-state index is 12.2. The zero-order chi connectivity index (χ0) is 15.0. The molecule has 6 heteroatoms. The number of benzene rings is 1. The van der Waals surface area contributed by atoms with E-state index in [1.165, 1.54) is 0 Å². The Balaban J connectivity index is 2.60. The average molecular weight is 300 g/mol. The third-order valence-electron chi connectivity index (χ3n) is 2.53. The summed E-state index contributed by atoms with van der Waals surface area (Å²) in [6.07, 6.45) is 0. The van der Waals surface area contributed by atoms with Crippen molar-refractivity contribution in [1.82, 2.24) is 4.72 Å². The first kappa shape index (κ1) is 16.9. The Morgan fingerprint density at radius 2 is 1.95 bits per heavy atom. The Kier molecular flexibility index (Phi) is 6.98. The lowest BCUT2D eigenvalue weighted by atomic mass is 10.2. The lowest BCUT2D eigenvalue weighted by Crippen LogP contribution is -2.28. The second-order valence-corrected chi connectivity index (χ2v) is 6.63. The van der Waals surface area contributed by atoms with Crippen LogP contribution in [0.2, 0.25) is 0 Å². The van der Waals surface area contributed by atoms with Crippen LogP contribution in [0.1, 0.15) is 20.8 Å². The normalized spacial score (nSPS) is 11.8. The summed E-state index contributed by atoms with van der Waals surface area (Å²) in [6, 6.07) is 6.87. The zero-order valence-electron chi connectivity index (χ0n) is 12.3. The van der Waals surface area contributed by atoms with Crippen LogP contribution in [0.5, 0.6) is 0 Å². The summed E-state index contributed by atoms with van der Waals surface area (Å²) < 4.78 is 32.4. The highest BCUT2D eigenvalue weighted by Crippen LogP contribution is 2.20. The minimum atomic E-state index is -3.51. The minimum absolute atomic E-state index is 0.269. The van der Waals surface area contributed by atoms with Gasteiger partial charge in [0, 0.05) is 19.7 Å². The fourth-order valence-corrected chi connectivity index (χ4v) is 2.88. The van der Waals surface area contributed by atoms with Crippen molar-refractivity contribution in [3.63, 3.8) is 0 Å². The van der Waals surface area contributed by atoms with Crippen LogP contribution in [0.15, 0.2) is 29.2 Å². The van der Waals surface area contributed by atoms with Gasteiger partial charge in [-0.3, -0.25) is 0 Å². The zero-order valence-corrected chi connectivity index (χ0v) is 13.2. The van der Waals surface area contributed by atoms with E-state index in [-0.39, 0.29) is 11.4 Å². The number of para-hydroxylation sites is 1. The number of ether oxygens (including phenoxy) is 1. The first-order valence-electron chi connectivity index (χ1n) is 6.87. The summed E-state index contributed by atoms with van der Waals surface area (Å²) >= 11 is 0. The van der Waals surface area contributed by atoms with Crippen molar-refractivity contribution in [3.05, 3.63) is 24.3 Å². The number of anilines is 1. The van der Waals surface area contributed by atoms with Gasteiger partial charge in [0.15, 0.2) is 0 Å². The number of nitrogens with one attached hydrogen (secondary N) is 2. The fraction of sp³-hybridized carbons (Fsp3) is 0.571. The van der Waals surface area contributed by atoms with Gasteiger partial charge in [0.1, 0.15) is 4.90 Å². The SMILES string of the molecule is CCNc1ccccc1S(=O)(=O)NCCOCC(C)C. The molecule has 0 heterocycles. The molecule has 1 aromatic carbocycles. The topological polar surface area (TPSA) is 67.4 Å². The lowest BCUT2D eigenvalue weighted by molar-refractivity contribution is 0.114. The molecule has 0 aromatic heterocycles. The predicted molar refractivity (Wildman–Crippen MR) is 81.5 cm³/mol. The number of sulfonamides is 1. The lowest BCUT2D eigenvalue weighted by Gasteiger charge is -2.12. The van der Waals surface area contributed by atoms with Gasteiger partial charge in [-0.15, -0.1) is 0 Å². The molecule has 2 N–H and O–H groups in total. The van der Waals surface area contributed by atoms with Crippen molar-refractivity contribution in [3.8, 4) is 0 Å². The molecule has 0 fully saturated rings. The van der Waals surface area contributed by atoms with Gasteiger partial charge in [-0.25, -0.2) is 13.1 Å². The van der Waals surface area contributed by atoms with Crippen LogP contribution in [0.3, 0.4) is 0 Å². The van der Waals surface area contributed by atoms with Crippen LogP contribution in [-0.4, -0.2) is 34.7 Å². The third kappa shape index (κ3) is 5.48. The van der Waals surface area contributed by atoms with Gasteiger partial charge >= 0.3 is 0 Å². The van der Waals surface area contributed by atoms with E-state index < -0.39 is 10.0 Å². The first-order valence-corrected chi connectivity index (χ1v) is 8.36. The third-order valence-corrected chi connectivity index (χ3v) is 4.05. The van der Waals surface area contributed by atoms with E-state index in [2.05, 4.69) is 23.9 Å². The molecule has 0 unspecified atom stereocenters. The van der Waals surface area contributed by atoms with E-state index in [4.69, 9.17) is 4.74 Å². The van der Waals surface area contributed by atoms with Crippen LogP contribution in [0.25, 0.3) is 0 Å². The standard InChI is InChI=1S/C14H24N2O3S/c1-4-15-13-7-5-6-8-14(13)20(17,18)16-9-10-19-11-12(2)3/h5-8,12,15-16H,4,9-11H2,1-3H3. The van der Waals surface area contributed by atoms with Crippen LogP contribution < -0.4 is 10.0 Å². The molecule has 1 rings (SSSR count). The van der Waals surface area contributed by atoms with Crippen molar-refractivity contribution in [2.24, 2.45) is 5.92 Å². The molecule has 0 bridgehead atoms. The van der Waals surface area contributed by atoms with Gasteiger partial charge in [-0.2, -0.15) is 0 Å². The molecule has 0 saturated carbocycles. The molecule has 0 aliphatic rings. The summed E-state index contributed by atoms with van der Waals surface area (Å²) in [7, 11) is -3.51. The van der Waals surface area contributed by atoms with Gasteiger partial charge in [0.05, 0.1) is 12.3 Å². The van der Waals surface area contributed by atoms with E-state index in [1.807, 2.05) is 13.0 Å². The monoisotopic (exact) mass is 300 g/mol. The summed E-state index contributed by atoms with van der Waals surface area (Å²) in [5.41, 5.74) is 0.616. The molecular weight excluding hydrogens is 276 g/mol. The van der Waals surface area contributed by atoms with Gasteiger partial charge in [-0.05, 0) is 25.0 Å². The molecule has 0 spiro atoms. The van der Waals surface area contributed by atoms with E-state index in [0.717, 1.165) is 0 Å². The van der Waals surface area contributed by atoms with Crippen molar-refractivity contribution < 1.29 is 13.2 Å². The van der Waals surface area contributed by atoms with Gasteiger partial charge in [-0.1, -0.05) is 26.0 Å². The molecule has 1 aromatic rings. The molecule has 0 aliphatic heterocycles. The quantitative estimate of drug-likeness (QED) is 0.685. The van der Waals surface area contributed by atoms with Crippen molar-refractivity contribution in [1.29, 1.82) is 0 Å². The molecule has 5 nitrogen and oxygen atoms in total. The highest BCUT2D eigenvalue weighted by Gasteiger charge is 2.17. The maximum Gasteiger partial charge on any atom is 0.242 e. The molecule has 0 saturated heterocycles. The Hall–Kier alpha value is -1.11. The van der Waals surface area contributed by atoms with E-state index >= 15 is 0 Å². The van der Waals surface area contributed by atoms with Crippen molar-refractivity contribution >= 4 is 15.7 Å². The summed E-state index contributed by atoms with van der Waals surface area (Å²) in [4.78, 5) is 0.269. The predicted octanol–water partition coefficient (Wildman–Crippen LogP) is 2.07. The molecule has 20 heavy (non-hydrogen) atoms. The van der Waals surface area contributed by atoms with Crippen LogP contribution >= 0.6 is 0 Å². The highest BCUT2D eigenvalue weighted by atomic mass is 32.2. The Morgan fingerprint density at radius 1 is 1.25 bits per heavy atom. The van der Waals surface area contributed by atoms with E-state index in [1.54, 1.807) is 18.2 Å². The molecule has 0 radical (unpaired) electrons. The van der Waals surface area contributed by atoms with Crippen molar-refractivity contribution in [2.45, 2.75) is 25.7 Å². The van der Waals surface area contributed by atoms with Crippen LogP contribution in [-0.2, 0) is 14.8 Å². The Morgan fingerprint density at radius 3 is 2.60 bits per heavy atom.